The van der Waals surface area contributed by atoms with Gasteiger partial charge in [-0.05, 0) is 25.0 Å². The molecule has 2 rings (SSSR count). The first kappa shape index (κ1) is 15.3. The van der Waals surface area contributed by atoms with Crippen LogP contribution < -0.4 is 10.5 Å². The van der Waals surface area contributed by atoms with Gasteiger partial charge in [-0.3, -0.25) is 0 Å². The molecule has 1 saturated carbocycles. The number of benzene rings is 1. The Hall–Kier alpha value is -1.12. The minimum absolute atomic E-state index is 0.0956. The highest BCUT2D eigenvalue weighted by molar-refractivity contribution is 7.89. The fourth-order valence-electron chi connectivity index (χ4n) is 2.43. The van der Waals surface area contributed by atoms with Gasteiger partial charge in [-0.25, -0.2) is 26.3 Å². The summed E-state index contributed by atoms with van der Waals surface area (Å²) in [4.78, 5) is -0.645. The molecule has 0 radical (unpaired) electrons. The highest BCUT2D eigenvalue weighted by Gasteiger charge is 2.37. The quantitative estimate of drug-likeness (QED) is 0.831. The number of hydrogen-bond donors (Lipinski definition) is 2. The van der Waals surface area contributed by atoms with Crippen molar-refractivity contribution in [3.63, 3.8) is 0 Å². The van der Waals surface area contributed by atoms with Gasteiger partial charge in [0.05, 0.1) is 4.90 Å². The number of hydrogen-bond acceptors (Lipinski definition) is 3. The van der Waals surface area contributed by atoms with Crippen molar-refractivity contribution in [2.45, 2.75) is 36.1 Å². The van der Waals surface area contributed by atoms with Crippen LogP contribution in [0.15, 0.2) is 17.0 Å². The smallest absolute Gasteiger partial charge is 0.241 e. The van der Waals surface area contributed by atoms with Crippen LogP contribution in [0.3, 0.4) is 0 Å². The predicted molar refractivity (Wildman–Crippen MR) is 66.9 cm³/mol. The Kier molecular flexibility index (Phi) is 4.08. The molecule has 0 unspecified atom stereocenters. The zero-order chi connectivity index (χ0) is 15.0. The van der Waals surface area contributed by atoms with Crippen LogP contribution in [0.4, 0.5) is 13.2 Å². The van der Waals surface area contributed by atoms with Crippen LogP contribution in [0.2, 0.25) is 0 Å². The van der Waals surface area contributed by atoms with Gasteiger partial charge < -0.3 is 5.73 Å². The van der Waals surface area contributed by atoms with Gasteiger partial charge in [0.1, 0.15) is 0 Å². The topological polar surface area (TPSA) is 72.2 Å². The lowest BCUT2D eigenvalue weighted by molar-refractivity contribution is 0.398. The molecule has 0 bridgehead atoms. The largest absolute Gasteiger partial charge is 0.329 e. The third kappa shape index (κ3) is 2.82. The molecule has 0 atom stereocenters. The molecule has 0 aliphatic heterocycles. The van der Waals surface area contributed by atoms with Crippen molar-refractivity contribution < 1.29 is 21.6 Å². The maximum absolute atomic E-state index is 13.1. The molecule has 1 aromatic rings. The monoisotopic (exact) mass is 308 g/mol. The van der Waals surface area contributed by atoms with Crippen molar-refractivity contribution in [2.75, 3.05) is 6.54 Å². The minimum Gasteiger partial charge on any atom is -0.329 e. The summed E-state index contributed by atoms with van der Waals surface area (Å²) in [5, 5.41) is 0. The van der Waals surface area contributed by atoms with E-state index in [2.05, 4.69) is 4.72 Å². The van der Waals surface area contributed by atoms with Gasteiger partial charge in [-0.1, -0.05) is 12.8 Å². The van der Waals surface area contributed by atoms with Gasteiger partial charge >= 0.3 is 0 Å². The summed E-state index contributed by atoms with van der Waals surface area (Å²) in [6.45, 7) is 0.0956. The van der Waals surface area contributed by atoms with E-state index in [-0.39, 0.29) is 6.54 Å². The van der Waals surface area contributed by atoms with E-state index in [1.165, 1.54) is 0 Å². The number of rotatable bonds is 4. The Morgan fingerprint density at radius 2 is 1.65 bits per heavy atom. The number of halogens is 3. The van der Waals surface area contributed by atoms with Crippen LogP contribution in [-0.2, 0) is 10.0 Å². The van der Waals surface area contributed by atoms with Crippen LogP contribution in [-0.4, -0.2) is 20.5 Å². The Labute approximate surface area is 115 Å². The highest BCUT2D eigenvalue weighted by Crippen LogP contribution is 2.30. The van der Waals surface area contributed by atoms with Crippen LogP contribution in [0.25, 0.3) is 0 Å². The van der Waals surface area contributed by atoms with Gasteiger partial charge in [-0.2, -0.15) is 0 Å². The van der Waals surface area contributed by atoms with Gasteiger partial charge in [0.2, 0.25) is 10.0 Å². The first-order chi connectivity index (χ1) is 9.30. The molecule has 112 valence electrons. The molecule has 1 aliphatic carbocycles. The van der Waals surface area contributed by atoms with E-state index in [0.717, 1.165) is 12.8 Å². The summed E-state index contributed by atoms with van der Waals surface area (Å²) in [5.41, 5.74) is 4.81. The van der Waals surface area contributed by atoms with E-state index in [0.29, 0.717) is 25.0 Å². The van der Waals surface area contributed by atoms with Crippen molar-refractivity contribution in [3.05, 3.63) is 29.6 Å². The average Bonchev–Trinajstić information content (AvgIpc) is 2.83. The fraction of sp³-hybridized carbons (Fsp3) is 0.500. The maximum Gasteiger partial charge on any atom is 0.241 e. The normalized spacial score (nSPS) is 18.4. The van der Waals surface area contributed by atoms with E-state index >= 15 is 0 Å². The SMILES string of the molecule is NCC1(NS(=O)(=O)c2cc(F)c(F)c(F)c2)CCCC1. The summed E-state index contributed by atoms with van der Waals surface area (Å²) in [6.07, 6.45) is 2.78. The molecule has 0 saturated heterocycles. The number of nitrogens with one attached hydrogen (secondary N) is 1. The van der Waals surface area contributed by atoms with Gasteiger partial charge in [0.15, 0.2) is 17.5 Å². The zero-order valence-corrected chi connectivity index (χ0v) is 11.4. The van der Waals surface area contributed by atoms with E-state index in [1.54, 1.807) is 0 Å². The molecule has 1 aliphatic rings. The molecule has 4 nitrogen and oxygen atoms in total. The summed E-state index contributed by atoms with van der Waals surface area (Å²) < 4.78 is 65.8. The zero-order valence-electron chi connectivity index (χ0n) is 10.6. The molecule has 0 spiro atoms. The molecule has 20 heavy (non-hydrogen) atoms. The predicted octanol–water partition coefficient (Wildman–Crippen LogP) is 1.65. The van der Waals surface area contributed by atoms with Gasteiger partial charge in [-0.15, -0.1) is 0 Å². The first-order valence-corrected chi connectivity index (χ1v) is 7.67. The average molecular weight is 308 g/mol. The summed E-state index contributed by atoms with van der Waals surface area (Å²) in [7, 11) is -4.15. The Bertz CT molecular complexity index is 590. The lowest BCUT2D eigenvalue weighted by Crippen LogP contribution is -2.51. The summed E-state index contributed by atoms with van der Waals surface area (Å²) >= 11 is 0. The third-order valence-corrected chi connectivity index (χ3v) is 5.13. The Balaban J connectivity index is 2.36. The lowest BCUT2D eigenvalue weighted by Gasteiger charge is -2.28. The molecule has 1 aromatic carbocycles. The van der Waals surface area contributed by atoms with E-state index in [9.17, 15) is 21.6 Å². The van der Waals surface area contributed by atoms with E-state index in [1.807, 2.05) is 0 Å². The molecular weight excluding hydrogens is 293 g/mol. The van der Waals surface area contributed by atoms with Crippen molar-refractivity contribution in [3.8, 4) is 0 Å². The van der Waals surface area contributed by atoms with Crippen molar-refractivity contribution in [1.29, 1.82) is 0 Å². The Morgan fingerprint density at radius 3 is 2.10 bits per heavy atom. The Morgan fingerprint density at radius 1 is 1.15 bits per heavy atom. The molecule has 0 amide bonds. The van der Waals surface area contributed by atoms with Gasteiger partial charge in [0.25, 0.3) is 0 Å². The highest BCUT2D eigenvalue weighted by atomic mass is 32.2. The number of sulfonamides is 1. The molecule has 1 fully saturated rings. The fourth-order valence-corrected chi connectivity index (χ4v) is 3.92. The molecule has 0 aromatic heterocycles. The van der Waals surface area contributed by atoms with Crippen LogP contribution in [0.5, 0.6) is 0 Å². The minimum atomic E-state index is -4.15. The van der Waals surface area contributed by atoms with Crippen molar-refractivity contribution in [2.24, 2.45) is 5.73 Å². The van der Waals surface area contributed by atoms with Crippen molar-refractivity contribution >= 4 is 10.0 Å². The molecule has 3 N–H and O–H groups in total. The number of nitrogens with two attached hydrogens (primary N) is 1. The summed E-state index contributed by atoms with van der Waals surface area (Å²) in [6, 6.07) is 0.916. The lowest BCUT2D eigenvalue weighted by atomic mass is 10.0. The van der Waals surface area contributed by atoms with E-state index < -0.39 is 37.9 Å². The van der Waals surface area contributed by atoms with E-state index in [4.69, 9.17) is 5.73 Å². The second kappa shape index (κ2) is 5.34. The third-order valence-electron chi connectivity index (χ3n) is 3.57. The standard InChI is InChI=1S/C12H15F3N2O2S/c13-9-5-8(6-10(14)11(9)15)20(18,19)17-12(7-16)3-1-2-4-12/h5-6,17H,1-4,7,16H2. The second-order valence-electron chi connectivity index (χ2n) is 5.00. The van der Waals surface area contributed by atoms with Crippen LogP contribution in [0.1, 0.15) is 25.7 Å². The first-order valence-electron chi connectivity index (χ1n) is 6.18. The van der Waals surface area contributed by atoms with Crippen LogP contribution >= 0.6 is 0 Å². The molecular formula is C12H15F3N2O2S. The maximum atomic E-state index is 13.1. The summed E-state index contributed by atoms with van der Waals surface area (Å²) in [5.74, 6) is -4.78. The molecule has 8 heteroatoms. The van der Waals surface area contributed by atoms with Crippen molar-refractivity contribution in [1.82, 2.24) is 4.72 Å². The molecule has 0 heterocycles. The second-order valence-corrected chi connectivity index (χ2v) is 6.68. The van der Waals surface area contributed by atoms with Gasteiger partial charge in [0, 0.05) is 12.1 Å². The van der Waals surface area contributed by atoms with Crippen LogP contribution in [0, 0.1) is 17.5 Å².